The zero-order chi connectivity index (χ0) is 16.1. The second-order valence-electron chi connectivity index (χ2n) is 4.52. The first-order valence-electron chi connectivity index (χ1n) is 6.79. The molecule has 6 heteroatoms. The maximum atomic E-state index is 12.3. The van der Waals surface area contributed by atoms with Crippen LogP contribution in [-0.2, 0) is 9.59 Å². The summed E-state index contributed by atoms with van der Waals surface area (Å²) in [7, 11) is 0. The highest BCUT2D eigenvalue weighted by atomic mass is 32.1. The van der Waals surface area contributed by atoms with Crippen LogP contribution in [0.2, 0.25) is 0 Å². The molecule has 1 saturated heterocycles. The van der Waals surface area contributed by atoms with E-state index < -0.39 is 11.8 Å². The van der Waals surface area contributed by atoms with Gasteiger partial charge in [-0.1, -0.05) is 18.2 Å². The van der Waals surface area contributed by atoms with E-state index in [-0.39, 0.29) is 17.2 Å². The molecular weight excluding hydrogens is 300 g/mol. The van der Waals surface area contributed by atoms with Crippen LogP contribution in [0.3, 0.4) is 0 Å². The van der Waals surface area contributed by atoms with Gasteiger partial charge in [-0.25, -0.2) is 0 Å². The molecule has 1 fully saturated rings. The number of benzene rings is 1. The third kappa shape index (κ3) is 3.40. The molecule has 0 radical (unpaired) electrons. The normalized spacial score (nSPS) is 16.7. The monoisotopic (exact) mass is 316 g/mol. The first kappa shape index (κ1) is 15.9. The van der Waals surface area contributed by atoms with Crippen molar-refractivity contribution in [2.75, 3.05) is 13.2 Å². The van der Waals surface area contributed by atoms with Crippen molar-refractivity contribution in [2.24, 2.45) is 0 Å². The molecule has 1 N–H and O–H groups in total. The molecule has 1 aliphatic rings. The fourth-order valence-electron chi connectivity index (χ4n) is 1.98. The molecule has 0 atom stereocenters. The largest absolute Gasteiger partial charge is 0.494 e. The summed E-state index contributed by atoms with van der Waals surface area (Å²) in [5.41, 5.74) is 0.771. The van der Waals surface area contributed by atoms with E-state index in [1.54, 1.807) is 30.3 Å². The number of carbonyl (C=O) groups excluding carboxylic acids is 2. The summed E-state index contributed by atoms with van der Waals surface area (Å²) in [4.78, 5) is 25.6. The molecule has 1 aromatic rings. The predicted molar refractivity (Wildman–Crippen MR) is 88.2 cm³/mol. The highest BCUT2D eigenvalue weighted by Gasteiger charge is 2.32. The zero-order valence-electron chi connectivity index (χ0n) is 12.2. The maximum absolute atomic E-state index is 12.3. The number of amides is 2. The summed E-state index contributed by atoms with van der Waals surface area (Å²) >= 11 is 4.99. The van der Waals surface area contributed by atoms with E-state index >= 15 is 0 Å². The Labute approximate surface area is 134 Å². The van der Waals surface area contributed by atoms with Crippen LogP contribution in [0, 0.1) is 0 Å². The van der Waals surface area contributed by atoms with E-state index in [4.69, 9.17) is 17.0 Å². The van der Waals surface area contributed by atoms with Crippen LogP contribution in [0.5, 0.6) is 5.75 Å². The molecule has 1 aromatic carbocycles. The van der Waals surface area contributed by atoms with Gasteiger partial charge in [0.05, 0.1) is 6.61 Å². The van der Waals surface area contributed by atoms with Crippen LogP contribution in [0.1, 0.15) is 12.5 Å². The summed E-state index contributed by atoms with van der Waals surface area (Å²) in [6.07, 6.45) is 3.08. The number of carbonyl (C=O) groups is 2. The Bertz CT molecular complexity index is 650. The molecule has 0 spiro atoms. The van der Waals surface area contributed by atoms with Crippen molar-refractivity contribution in [2.45, 2.75) is 6.92 Å². The minimum absolute atomic E-state index is 0.0413. The van der Waals surface area contributed by atoms with Crippen LogP contribution in [0.25, 0.3) is 6.08 Å². The van der Waals surface area contributed by atoms with Gasteiger partial charge < -0.3 is 4.74 Å². The number of hydrogen-bond donors (Lipinski definition) is 1. The first-order valence-corrected chi connectivity index (χ1v) is 7.20. The average molecular weight is 316 g/mol. The second kappa shape index (κ2) is 7.00. The van der Waals surface area contributed by atoms with E-state index in [0.717, 1.165) is 11.3 Å². The van der Waals surface area contributed by atoms with E-state index in [1.165, 1.54) is 11.0 Å². The Balaban J connectivity index is 2.28. The van der Waals surface area contributed by atoms with Crippen LogP contribution in [0.15, 0.2) is 42.5 Å². The first-order chi connectivity index (χ1) is 10.6. The highest BCUT2D eigenvalue weighted by molar-refractivity contribution is 7.80. The van der Waals surface area contributed by atoms with Crippen LogP contribution >= 0.6 is 12.2 Å². The summed E-state index contributed by atoms with van der Waals surface area (Å²) in [5, 5.41) is 2.60. The lowest BCUT2D eigenvalue weighted by atomic mass is 10.1. The van der Waals surface area contributed by atoms with Gasteiger partial charge in [0.25, 0.3) is 11.8 Å². The van der Waals surface area contributed by atoms with Gasteiger partial charge in [-0.2, -0.15) is 0 Å². The number of thiocarbonyl (C=S) groups is 1. The van der Waals surface area contributed by atoms with Crippen LogP contribution in [0.4, 0.5) is 0 Å². The van der Waals surface area contributed by atoms with Crippen molar-refractivity contribution < 1.29 is 14.3 Å². The summed E-state index contributed by atoms with van der Waals surface area (Å²) in [5.74, 6) is -0.190. The standard InChI is InChI=1S/C16H16N2O3S/c1-3-9-18-15(20)13(14(19)17-16(18)22)10-11-5-7-12(8-6-11)21-4-2/h3,5-8,10H,1,4,9H2,2H3,(H,17,19,22)/b13-10-. The fraction of sp³-hybridized carbons (Fsp3) is 0.188. The van der Waals surface area contributed by atoms with Gasteiger partial charge >= 0.3 is 0 Å². The zero-order valence-corrected chi connectivity index (χ0v) is 13.0. The van der Waals surface area contributed by atoms with Gasteiger partial charge in [0.1, 0.15) is 11.3 Å². The lowest BCUT2D eigenvalue weighted by Gasteiger charge is -2.27. The average Bonchev–Trinajstić information content (AvgIpc) is 2.50. The molecular formula is C16H16N2O3S. The van der Waals surface area contributed by atoms with Crippen molar-refractivity contribution in [3.05, 3.63) is 48.1 Å². The molecule has 2 amide bonds. The summed E-state index contributed by atoms with van der Waals surface area (Å²) < 4.78 is 5.35. The van der Waals surface area contributed by atoms with Gasteiger partial charge in [-0.05, 0) is 42.9 Å². The molecule has 0 unspecified atom stereocenters. The number of nitrogens with zero attached hydrogens (tertiary/aromatic N) is 1. The molecule has 22 heavy (non-hydrogen) atoms. The number of ether oxygens (including phenoxy) is 1. The van der Waals surface area contributed by atoms with Crippen LogP contribution in [-0.4, -0.2) is 35.0 Å². The molecule has 0 aromatic heterocycles. The summed E-state index contributed by atoms with van der Waals surface area (Å²) in [6.45, 7) is 6.31. The molecule has 5 nitrogen and oxygen atoms in total. The van der Waals surface area contributed by atoms with Gasteiger partial charge in [-0.15, -0.1) is 6.58 Å². The highest BCUT2D eigenvalue weighted by Crippen LogP contribution is 2.17. The molecule has 1 heterocycles. The number of hydrogen-bond acceptors (Lipinski definition) is 4. The SMILES string of the molecule is C=CCN1C(=O)/C(=C\c2ccc(OCC)cc2)C(=O)NC1=S. The molecule has 114 valence electrons. The Morgan fingerprint density at radius 3 is 2.59 bits per heavy atom. The van der Waals surface area contributed by atoms with E-state index in [2.05, 4.69) is 11.9 Å². The third-order valence-electron chi connectivity index (χ3n) is 3.00. The number of rotatable bonds is 5. The summed E-state index contributed by atoms with van der Waals surface area (Å²) in [6, 6.07) is 7.13. The fourth-order valence-corrected chi connectivity index (χ4v) is 2.23. The maximum Gasteiger partial charge on any atom is 0.265 e. The third-order valence-corrected chi connectivity index (χ3v) is 3.32. The molecule has 0 bridgehead atoms. The lowest BCUT2D eigenvalue weighted by Crippen LogP contribution is -2.53. The Morgan fingerprint density at radius 2 is 2.00 bits per heavy atom. The number of nitrogens with one attached hydrogen (secondary N) is 1. The van der Waals surface area contributed by atoms with E-state index in [9.17, 15) is 9.59 Å². The minimum Gasteiger partial charge on any atom is -0.494 e. The topological polar surface area (TPSA) is 58.6 Å². The lowest BCUT2D eigenvalue weighted by molar-refractivity contribution is -0.128. The quantitative estimate of drug-likeness (QED) is 0.390. The smallest absolute Gasteiger partial charge is 0.265 e. The second-order valence-corrected chi connectivity index (χ2v) is 4.91. The van der Waals surface area contributed by atoms with E-state index in [1.807, 2.05) is 6.92 Å². The minimum atomic E-state index is -0.496. The van der Waals surface area contributed by atoms with E-state index in [0.29, 0.717) is 6.61 Å². The van der Waals surface area contributed by atoms with Crippen molar-refractivity contribution in [3.63, 3.8) is 0 Å². The van der Waals surface area contributed by atoms with Crippen molar-refractivity contribution >= 4 is 35.2 Å². The van der Waals surface area contributed by atoms with Gasteiger partial charge in [-0.3, -0.25) is 19.8 Å². The molecule has 2 rings (SSSR count). The Hall–Kier alpha value is -2.47. The van der Waals surface area contributed by atoms with Gasteiger partial charge in [0.2, 0.25) is 0 Å². The van der Waals surface area contributed by atoms with Crippen LogP contribution < -0.4 is 10.1 Å². The predicted octanol–water partition coefficient (Wildman–Crippen LogP) is 1.90. The van der Waals surface area contributed by atoms with Crippen molar-refractivity contribution in [1.82, 2.24) is 10.2 Å². The molecule has 1 aliphatic heterocycles. The van der Waals surface area contributed by atoms with Crippen molar-refractivity contribution in [3.8, 4) is 5.75 Å². The van der Waals surface area contributed by atoms with Gasteiger partial charge in [0.15, 0.2) is 5.11 Å². The van der Waals surface area contributed by atoms with Crippen molar-refractivity contribution in [1.29, 1.82) is 0 Å². The molecule has 0 saturated carbocycles. The molecule has 0 aliphatic carbocycles. The Kier molecular flexibility index (Phi) is 5.06. The Morgan fingerprint density at radius 1 is 1.32 bits per heavy atom. The van der Waals surface area contributed by atoms with Gasteiger partial charge in [0, 0.05) is 6.54 Å².